The number of carbonyl (C=O) groups is 2. The van der Waals surface area contributed by atoms with Crippen molar-refractivity contribution in [2.45, 2.75) is 41.9 Å². The normalized spacial score (nSPS) is 24.2. The van der Waals surface area contributed by atoms with Gasteiger partial charge in [0, 0.05) is 49.5 Å². The van der Waals surface area contributed by atoms with Gasteiger partial charge in [-0.1, -0.05) is 36.9 Å². The first-order valence-corrected chi connectivity index (χ1v) is 11.3. The van der Waals surface area contributed by atoms with Gasteiger partial charge >= 0.3 is 0 Å². The van der Waals surface area contributed by atoms with Crippen LogP contribution < -0.4 is 10.2 Å². The molecule has 0 radical (unpaired) electrons. The van der Waals surface area contributed by atoms with Crippen molar-refractivity contribution < 1.29 is 11.0 Å². The lowest BCUT2D eigenvalue weighted by molar-refractivity contribution is -0.134. The maximum atomic E-state index is 12.6. The number of hydrogen-bond donors (Lipinski definition) is 1. The first-order valence-electron chi connectivity index (χ1n) is 10.5. The van der Waals surface area contributed by atoms with Crippen LogP contribution in [0.15, 0.2) is 41.7 Å². The Balaban J connectivity index is 0.00000231. The van der Waals surface area contributed by atoms with Crippen molar-refractivity contribution in [2.24, 2.45) is 0 Å². The fraction of sp³-hybridized carbons (Fsp3) is 0.455. The van der Waals surface area contributed by atoms with E-state index in [0.29, 0.717) is 29.4 Å². The molecule has 2 amide bonds. The zero-order valence-corrected chi connectivity index (χ0v) is 17.8. The number of thioether (sulfide) groups is 1. The van der Waals surface area contributed by atoms with Crippen LogP contribution in [-0.4, -0.2) is 57.6 Å². The number of fused-ring (bicyclic) bond motifs is 3. The number of carbonyl (C=O) groups excluding carboxylic acids is 2. The van der Waals surface area contributed by atoms with Gasteiger partial charge in [-0.05, 0) is 25.0 Å². The quantitative estimate of drug-likeness (QED) is 0.586. The summed E-state index contributed by atoms with van der Waals surface area (Å²) in [4.78, 5) is 38.0. The van der Waals surface area contributed by atoms with Gasteiger partial charge in [0.25, 0.3) is 0 Å². The summed E-state index contributed by atoms with van der Waals surface area (Å²) in [5.41, 5.74) is 2.02. The molecular weight excluding hydrogens is 398 g/mol. The van der Waals surface area contributed by atoms with E-state index in [2.05, 4.69) is 27.1 Å². The van der Waals surface area contributed by atoms with Gasteiger partial charge < -0.3 is 15.1 Å². The number of para-hydroxylation sites is 1. The Morgan fingerprint density at radius 2 is 1.97 bits per heavy atom. The van der Waals surface area contributed by atoms with E-state index >= 15 is 0 Å². The molecule has 1 aromatic carbocycles. The van der Waals surface area contributed by atoms with Gasteiger partial charge in [-0.2, -0.15) is 0 Å². The number of rotatable bonds is 5. The highest BCUT2D eigenvalue weighted by Gasteiger charge is 2.61. The molecule has 1 saturated heterocycles. The maximum Gasteiger partial charge on any atom is 0.233 e. The Kier molecular flexibility index (Phi) is 4.89. The van der Waals surface area contributed by atoms with Crippen LogP contribution in [0.3, 0.4) is 0 Å². The second kappa shape index (κ2) is 7.58. The Morgan fingerprint density at radius 3 is 2.70 bits per heavy atom. The van der Waals surface area contributed by atoms with Gasteiger partial charge in [-0.15, -0.1) is 0 Å². The van der Waals surface area contributed by atoms with Crippen LogP contribution in [0.2, 0.25) is 0 Å². The molecular formula is C22H27N5O2S. The molecule has 0 bridgehead atoms. The third-order valence-corrected chi connectivity index (χ3v) is 8.06. The lowest BCUT2D eigenvalue weighted by Gasteiger charge is -2.36. The number of hydrogen-bond acceptors (Lipinski definition) is 6. The zero-order valence-electron chi connectivity index (χ0n) is 17.0. The number of anilines is 2. The average Bonchev–Trinajstić information content (AvgIpc) is 3.39. The topological polar surface area (TPSA) is 78.4 Å². The molecule has 158 valence electrons. The molecule has 3 heterocycles. The van der Waals surface area contributed by atoms with Crippen molar-refractivity contribution in [3.05, 3.63) is 42.2 Å². The number of benzene rings is 1. The largest absolute Gasteiger partial charge is 0.353 e. The number of nitrogens with one attached hydrogen (secondary N) is 1. The summed E-state index contributed by atoms with van der Waals surface area (Å²) in [6.45, 7) is 4.92. The Bertz CT molecular complexity index is 983. The third-order valence-electron chi connectivity index (χ3n) is 6.40. The highest BCUT2D eigenvalue weighted by atomic mass is 32.2. The minimum atomic E-state index is -0.274. The summed E-state index contributed by atoms with van der Waals surface area (Å²) in [5.74, 6) is 1.21. The zero-order chi connectivity index (χ0) is 20.7. The molecule has 30 heavy (non-hydrogen) atoms. The van der Waals surface area contributed by atoms with Crippen molar-refractivity contribution in [3.63, 3.8) is 0 Å². The molecule has 1 aliphatic carbocycles. The summed E-state index contributed by atoms with van der Waals surface area (Å²) >= 11 is 1.92. The van der Waals surface area contributed by atoms with E-state index in [1.165, 1.54) is 12.0 Å². The summed E-state index contributed by atoms with van der Waals surface area (Å²) in [5, 5.41) is 3.91. The van der Waals surface area contributed by atoms with Crippen molar-refractivity contribution in [1.29, 1.82) is 0 Å². The van der Waals surface area contributed by atoms with E-state index in [1.807, 2.05) is 42.1 Å². The van der Waals surface area contributed by atoms with Crippen molar-refractivity contribution in [3.8, 4) is 0 Å². The molecule has 5 rings (SSSR count). The van der Waals surface area contributed by atoms with Gasteiger partial charge in [0.15, 0.2) is 0 Å². The Hall–Kier alpha value is -2.61. The molecule has 1 aromatic heterocycles. The summed E-state index contributed by atoms with van der Waals surface area (Å²) in [6, 6.07) is 9.22. The van der Waals surface area contributed by atoms with Gasteiger partial charge in [-0.25, -0.2) is 9.97 Å². The molecule has 1 N–H and O–H groups in total. The van der Waals surface area contributed by atoms with Crippen molar-refractivity contribution >= 4 is 35.1 Å². The van der Waals surface area contributed by atoms with E-state index in [0.717, 1.165) is 30.4 Å². The Labute approximate surface area is 181 Å². The van der Waals surface area contributed by atoms with Crippen LogP contribution >= 0.6 is 11.8 Å². The number of amides is 2. The molecule has 2 atom stereocenters. The predicted octanol–water partition coefficient (Wildman–Crippen LogP) is 3.14. The highest BCUT2D eigenvalue weighted by molar-refractivity contribution is 8.01. The van der Waals surface area contributed by atoms with Gasteiger partial charge in [0.05, 0.1) is 0 Å². The molecule has 7 nitrogen and oxygen atoms in total. The maximum absolute atomic E-state index is 12.6. The summed E-state index contributed by atoms with van der Waals surface area (Å²) < 4.78 is 0.344. The van der Waals surface area contributed by atoms with E-state index in [4.69, 9.17) is 0 Å². The standard InChI is InChI=1S/C22H25N5O2S.H2/c1-2-22-13-16(22)19-20(23-14-24-21(19)30-22)27-10-8-26(9-11-27)18(29)12-17(28)25-15-6-4-3-5-7-15;/h3-7,14,16H,2,8-13H2,1H3,(H,25,28);1H. The molecule has 1 saturated carbocycles. The van der Waals surface area contributed by atoms with Crippen LogP contribution in [0.25, 0.3) is 0 Å². The number of aromatic nitrogens is 2. The summed E-state index contributed by atoms with van der Waals surface area (Å²) in [6.07, 6.45) is 3.91. The van der Waals surface area contributed by atoms with Crippen molar-refractivity contribution in [1.82, 2.24) is 14.9 Å². The Morgan fingerprint density at radius 1 is 1.20 bits per heavy atom. The van der Waals surface area contributed by atoms with Gasteiger partial charge in [0.2, 0.25) is 11.8 Å². The number of piperazine rings is 1. The minimum Gasteiger partial charge on any atom is -0.353 e. The molecule has 2 unspecified atom stereocenters. The van der Waals surface area contributed by atoms with Crippen LogP contribution in [0.1, 0.15) is 39.1 Å². The fourth-order valence-electron chi connectivity index (χ4n) is 4.57. The van der Waals surface area contributed by atoms with Crippen molar-refractivity contribution in [2.75, 3.05) is 36.4 Å². The molecule has 2 fully saturated rings. The fourth-order valence-corrected chi connectivity index (χ4v) is 6.06. The smallest absolute Gasteiger partial charge is 0.233 e. The first-order chi connectivity index (χ1) is 14.6. The lowest BCUT2D eigenvalue weighted by Crippen LogP contribution is -2.49. The van der Waals surface area contributed by atoms with Gasteiger partial charge in [0.1, 0.15) is 23.6 Å². The molecule has 3 aliphatic rings. The molecule has 8 heteroatoms. The van der Waals surface area contributed by atoms with Crippen LogP contribution in [-0.2, 0) is 9.59 Å². The van der Waals surface area contributed by atoms with Crippen LogP contribution in [0, 0.1) is 0 Å². The second-order valence-corrected chi connectivity index (χ2v) is 9.56. The summed E-state index contributed by atoms with van der Waals surface area (Å²) in [7, 11) is 0. The second-order valence-electron chi connectivity index (χ2n) is 8.15. The average molecular weight is 426 g/mol. The van der Waals surface area contributed by atoms with E-state index in [1.54, 1.807) is 11.2 Å². The molecule has 2 aromatic rings. The van der Waals surface area contributed by atoms with E-state index < -0.39 is 0 Å². The minimum absolute atomic E-state index is 0. The van der Waals surface area contributed by atoms with Gasteiger partial charge in [-0.3, -0.25) is 9.59 Å². The van der Waals surface area contributed by atoms with Crippen LogP contribution in [0.4, 0.5) is 11.5 Å². The third kappa shape index (κ3) is 3.43. The van der Waals surface area contributed by atoms with E-state index in [-0.39, 0.29) is 19.7 Å². The highest BCUT2D eigenvalue weighted by Crippen LogP contribution is 2.71. The SMILES string of the molecule is CCC12CC1c1c(ncnc1N1CCN(C(=O)CC(=O)Nc3ccccc3)CC1)S2.[HH]. The molecule has 2 aliphatic heterocycles. The monoisotopic (exact) mass is 425 g/mol. The van der Waals surface area contributed by atoms with E-state index in [9.17, 15) is 9.59 Å². The first kappa shape index (κ1) is 19.4. The predicted molar refractivity (Wildman–Crippen MR) is 119 cm³/mol. The molecule has 0 spiro atoms. The number of nitrogens with zero attached hydrogens (tertiary/aromatic N) is 4. The lowest BCUT2D eigenvalue weighted by atomic mass is 10.1. The van der Waals surface area contributed by atoms with Crippen LogP contribution in [0.5, 0.6) is 0 Å².